The van der Waals surface area contributed by atoms with E-state index < -0.39 is 17.6 Å². The number of ether oxygens (including phenoxy) is 1. The second-order valence-electron chi connectivity index (χ2n) is 8.96. The number of aromatic hydroxyl groups is 2. The molecule has 190 valence electrons. The van der Waals surface area contributed by atoms with Crippen LogP contribution >= 0.6 is 0 Å². The Hall–Kier alpha value is -3.98. The maximum Gasteiger partial charge on any atom is 0.258 e. The molecular formula is C27H31N3O6. The van der Waals surface area contributed by atoms with Crippen molar-refractivity contribution >= 4 is 11.8 Å². The Bertz CT molecular complexity index is 1240. The van der Waals surface area contributed by atoms with E-state index in [4.69, 9.17) is 9.15 Å². The third-order valence-corrected chi connectivity index (χ3v) is 6.36. The number of hydrogen-bond donors (Lipinski definition) is 2. The van der Waals surface area contributed by atoms with Crippen LogP contribution in [0.15, 0.2) is 53.1 Å². The van der Waals surface area contributed by atoms with Gasteiger partial charge in [-0.3, -0.25) is 9.59 Å². The number of rotatable bonds is 9. The minimum atomic E-state index is -0.502. The molecule has 36 heavy (non-hydrogen) atoms. The average Bonchev–Trinajstić information content (AvgIpc) is 3.52. The summed E-state index contributed by atoms with van der Waals surface area (Å²) >= 11 is 0. The Morgan fingerprint density at radius 1 is 1.03 bits per heavy atom. The van der Waals surface area contributed by atoms with Gasteiger partial charge in [0.15, 0.2) is 0 Å². The molecule has 9 heteroatoms. The molecule has 0 atom stereocenters. The van der Waals surface area contributed by atoms with Gasteiger partial charge in [-0.05, 0) is 55.1 Å². The molecule has 3 aromatic rings. The van der Waals surface area contributed by atoms with Crippen LogP contribution in [0.5, 0.6) is 17.2 Å². The molecule has 0 saturated heterocycles. The van der Waals surface area contributed by atoms with Gasteiger partial charge in [-0.2, -0.15) is 0 Å². The highest BCUT2D eigenvalue weighted by Gasteiger charge is 2.29. The van der Waals surface area contributed by atoms with E-state index in [0.29, 0.717) is 25.5 Å². The van der Waals surface area contributed by atoms with Crippen molar-refractivity contribution in [1.82, 2.24) is 14.7 Å². The van der Waals surface area contributed by atoms with Crippen molar-refractivity contribution in [3.8, 4) is 17.2 Å². The van der Waals surface area contributed by atoms with E-state index in [1.54, 1.807) is 24.1 Å². The highest BCUT2D eigenvalue weighted by Crippen LogP contribution is 2.33. The minimum Gasteiger partial charge on any atom is -0.507 e. The van der Waals surface area contributed by atoms with Gasteiger partial charge in [0.05, 0.1) is 23.9 Å². The molecule has 2 N–H and O–H groups in total. The van der Waals surface area contributed by atoms with Crippen LogP contribution in [0.4, 0.5) is 0 Å². The van der Waals surface area contributed by atoms with Crippen LogP contribution in [-0.4, -0.2) is 70.5 Å². The second kappa shape index (κ2) is 10.7. The molecule has 2 heterocycles. The lowest BCUT2D eigenvalue weighted by Crippen LogP contribution is -2.28. The summed E-state index contributed by atoms with van der Waals surface area (Å²) in [5, 5.41) is 20.8. The van der Waals surface area contributed by atoms with Crippen molar-refractivity contribution in [3.05, 3.63) is 76.7 Å². The van der Waals surface area contributed by atoms with Crippen molar-refractivity contribution in [2.45, 2.75) is 26.6 Å². The Morgan fingerprint density at radius 2 is 1.78 bits per heavy atom. The smallest absolute Gasteiger partial charge is 0.258 e. The summed E-state index contributed by atoms with van der Waals surface area (Å²) in [5.74, 6) is -0.400. The molecule has 0 radical (unpaired) electrons. The standard InChI is InChI=1S/C27H31N3O6/c1-4-28(2)9-11-36-20-8-7-18-15-30(16-19(18)12-20)27(34)23-13-22(24(31)14-25(23)32)26(33)29(3)17-21-6-5-10-35-21/h5-8,10,12-14,31-32H,4,9,11,15-17H2,1-3H3. The molecule has 2 aromatic carbocycles. The van der Waals surface area contributed by atoms with Gasteiger partial charge in [0, 0.05) is 32.7 Å². The summed E-state index contributed by atoms with van der Waals surface area (Å²) in [6, 6.07) is 11.5. The van der Waals surface area contributed by atoms with Crippen LogP contribution in [0, 0.1) is 0 Å². The zero-order valence-electron chi connectivity index (χ0n) is 20.7. The van der Waals surface area contributed by atoms with Crippen LogP contribution in [0.3, 0.4) is 0 Å². The first-order chi connectivity index (χ1) is 17.3. The van der Waals surface area contributed by atoms with Crippen molar-refractivity contribution in [3.63, 3.8) is 0 Å². The number of nitrogens with zero attached hydrogens (tertiary/aromatic N) is 3. The lowest BCUT2D eigenvalue weighted by molar-refractivity contribution is 0.0748. The van der Waals surface area contributed by atoms with Crippen molar-refractivity contribution in [1.29, 1.82) is 0 Å². The maximum atomic E-state index is 13.3. The van der Waals surface area contributed by atoms with Crippen LogP contribution in [0.25, 0.3) is 0 Å². The summed E-state index contributed by atoms with van der Waals surface area (Å²) in [5.41, 5.74) is 1.84. The van der Waals surface area contributed by atoms with E-state index in [-0.39, 0.29) is 23.4 Å². The van der Waals surface area contributed by atoms with Gasteiger partial charge in [0.25, 0.3) is 11.8 Å². The van der Waals surface area contributed by atoms with Crippen LogP contribution in [0.2, 0.25) is 0 Å². The number of phenols is 2. The molecule has 0 aliphatic carbocycles. The third-order valence-electron chi connectivity index (χ3n) is 6.36. The van der Waals surface area contributed by atoms with Crippen molar-refractivity contribution in [2.75, 3.05) is 33.8 Å². The lowest BCUT2D eigenvalue weighted by atomic mass is 10.1. The normalized spacial score (nSPS) is 12.6. The number of carbonyl (C=O) groups excluding carboxylic acids is 2. The monoisotopic (exact) mass is 493 g/mol. The Morgan fingerprint density at radius 3 is 2.50 bits per heavy atom. The summed E-state index contributed by atoms with van der Waals surface area (Å²) in [6.45, 7) is 5.33. The van der Waals surface area contributed by atoms with Crippen molar-refractivity contribution < 1.29 is 29.0 Å². The average molecular weight is 494 g/mol. The molecule has 1 aliphatic rings. The van der Waals surface area contributed by atoms with E-state index >= 15 is 0 Å². The summed E-state index contributed by atoms with van der Waals surface area (Å²) in [6.07, 6.45) is 1.51. The van der Waals surface area contributed by atoms with Crippen LogP contribution in [0.1, 0.15) is 44.5 Å². The van der Waals surface area contributed by atoms with Crippen LogP contribution < -0.4 is 4.74 Å². The first-order valence-electron chi connectivity index (χ1n) is 11.8. The van der Waals surface area contributed by atoms with Gasteiger partial charge in [-0.15, -0.1) is 0 Å². The first kappa shape index (κ1) is 25.1. The predicted octanol–water partition coefficient (Wildman–Crippen LogP) is 3.45. The molecule has 0 saturated carbocycles. The van der Waals surface area contributed by atoms with E-state index in [1.165, 1.54) is 17.2 Å². The Labute approximate surface area is 210 Å². The fourth-order valence-electron chi connectivity index (χ4n) is 4.09. The lowest BCUT2D eigenvalue weighted by Gasteiger charge is -2.19. The molecule has 1 aliphatic heterocycles. The fourth-order valence-corrected chi connectivity index (χ4v) is 4.09. The zero-order valence-corrected chi connectivity index (χ0v) is 20.7. The number of furan rings is 1. The van der Waals surface area contributed by atoms with Gasteiger partial charge in [0.2, 0.25) is 0 Å². The van der Waals surface area contributed by atoms with Crippen molar-refractivity contribution in [2.24, 2.45) is 0 Å². The fraction of sp³-hybridized carbons (Fsp3) is 0.333. The number of benzene rings is 2. The Kier molecular flexibility index (Phi) is 7.49. The van der Waals surface area contributed by atoms with Gasteiger partial charge >= 0.3 is 0 Å². The zero-order chi connectivity index (χ0) is 25.8. The van der Waals surface area contributed by atoms with Gasteiger partial charge in [-0.25, -0.2) is 0 Å². The second-order valence-corrected chi connectivity index (χ2v) is 8.96. The summed E-state index contributed by atoms with van der Waals surface area (Å²) < 4.78 is 11.1. The highest BCUT2D eigenvalue weighted by atomic mass is 16.5. The highest BCUT2D eigenvalue weighted by molar-refractivity contribution is 6.03. The maximum absolute atomic E-state index is 13.3. The van der Waals surface area contributed by atoms with E-state index in [9.17, 15) is 19.8 Å². The molecule has 0 bridgehead atoms. The number of amides is 2. The molecule has 4 rings (SSSR count). The van der Waals surface area contributed by atoms with E-state index in [0.717, 1.165) is 36.0 Å². The van der Waals surface area contributed by atoms with E-state index in [1.807, 2.05) is 25.2 Å². The number of hydrogen-bond acceptors (Lipinski definition) is 7. The molecule has 2 amide bonds. The summed E-state index contributed by atoms with van der Waals surface area (Å²) in [4.78, 5) is 31.4. The van der Waals surface area contributed by atoms with Gasteiger partial charge < -0.3 is 34.1 Å². The Balaban J connectivity index is 1.47. The molecule has 0 fully saturated rings. The minimum absolute atomic E-state index is 0.0468. The van der Waals surface area contributed by atoms with Gasteiger partial charge in [0.1, 0.15) is 29.6 Å². The topological polar surface area (TPSA) is 107 Å². The van der Waals surface area contributed by atoms with Crippen LogP contribution in [-0.2, 0) is 19.6 Å². The quantitative estimate of drug-likeness (QED) is 0.470. The third kappa shape index (κ3) is 5.46. The number of carbonyl (C=O) groups is 2. The molecule has 9 nitrogen and oxygen atoms in total. The predicted molar refractivity (Wildman–Crippen MR) is 133 cm³/mol. The number of likely N-dealkylation sites (N-methyl/N-ethyl adjacent to an activating group) is 1. The summed E-state index contributed by atoms with van der Waals surface area (Å²) in [7, 11) is 3.60. The number of fused-ring (bicyclic) bond motifs is 1. The largest absolute Gasteiger partial charge is 0.507 e. The molecule has 0 unspecified atom stereocenters. The number of phenolic OH excluding ortho intramolecular Hbond substituents is 2. The molecule has 1 aromatic heterocycles. The molecular weight excluding hydrogens is 462 g/mol. The van der Waals surface area contributed by atoms with E-state index in [2.05, 4.69) is 11.8 Å². The first-order valence-corrected chi connectivity index (χ1v) is 11.8. The molecule has 0 spiro atoms. The SMILES string of the molecule is CCN(C)CCOc1ccc2c(c1)CN(C(=O)c1cc(C(=O)N(C)Cc3ccco3)c(O)cc1O)C2. The van der Waals surface area contributed by atoms with Gasteiger partial charge in [-0.1, -0.05) is 13.0 Å².